The molecule has 0 unspecified atom stereocenters. The summed E-state index contributed by atoms with van der Waals surface area (Å²) in [6, 6.07) is 33.0. The van der Waals surface area contributed by atoms with Gasteiger partial charge in [0.25, 0.3) is 0 Å². The van der Waals surface area contributed by atoms with Crippen molar-refractivity contribution in [1.29, 1.82) is 0 Å². The first-order valence-corrected chi connectivity index (χ1v) is 18.2. The number of halogens is 3. The Morgan fingerprint density at radius 3 is 1.51 bits per heavy atom. The summed E-state index contributed by atoms with van der Waals surface area (Å²) in [5, 5.41) is 12.6. The number of ketones is 1. The number of anilines is 2. The summed E-state index contributed by atoms with van der Waals surface area (Å²) in [4.78, 5) is 40.5. The maximum absolute atomic E-state index is 12.8. The first-order valence-electron chi connectivity index (χ1n) is 18.2. The van der Waals surface area contributed by atoms with E-state index in [0.717, 1.165) is 54.6 Å². The van der Waals surface area contributed by atoms with Gasteiger partial charge in [-0.2, -0.15) is 13.2 Å². The average molecular weight is 754 g/mol. The van der Waals surface area contributed by atoms with Crippen LogP contribution in [0.3, 0.4) is 0 Å². The predicted octanol–water partition coefficient (Wildman–Crippen LogP) is 8.12. The highest BCUT2D eigenvalue weighted by molar-refractivity contribution is 5.97. The van der Waals surface area contributed by atoms with Crippen LogP contribution in [0.25, 0.3) is 11.5 Å². The standard InChI is InChI=1S/C21H19F3N4O2.C20H23N3O2/c22-21(23,24)19-27-26-18(30-19)15-11-9-14(10-12-15)13-28(17-7-2-1-3-8-17)20(29)25-16-5-4-6-16;21-13-19(24)16-11-9-15(10-12-16)14-23(18-7-2-1-3-8-18)20(25)22-17-5-4-6-17/h1-3,7-12,16H,4-6,13H2,(H,25,29);1-3,7-12,17H,4-6,13-14,21H2,(H,22,25). The second-order valence-corrected chi connectivity index (χ2v) is 13.4. The molecule has 14 heteroatoms. The number of benzene rings is 4. The molecule has 11 nitrogen and oxygen atoms in total. The molecular formula is C41H42F3N7O4. The van der Waals surface area contributed by atoms with Crippen molar-refractivity contribution < 1.29 is 32.0 Å². The van der Waals surface area contributed by atoms with Crippen molar-refractivity contribution in [3.8, 4) is 11.5 Å². The van der Waals surface area contributed by atoms with Crippen LogP contribution in [0.15, 0.2) is 114 Å². The minimum absolute atomic E-state index is 0.000713. The number of para-hydroxylation sites is 2. The van der Waals surface area contributed by atoms with Crippen LogP contribution >= 0.6 is 0 Å². The Morgan fingerprint density at radius 2 is 1.13 bits per heavy atom. The average Bonchev–Trinajstić information content (AvgIpc) is 3.68. The number of Topliss-reactive ketones (excluding diaryl/α,β-unsaturated/α-hetero) is 1. The van der Waals surface area contributed by atoms with Gasteiger partial charge >= 0.3 is 24.1 Å². The van der Waals surface area contributed by atoms with Crippen LogP contribution in [0.1, 0.15) is 65.9 Å². The number of carbonyl (C=O) groups excluding carboxylic acids is 3. The number of aromatic nitrogens is 2. The van der Waals surface area contributed by atoms with Gasteiger partial charge in [0, 0.05) is 34.6 Å². The van der Waals surface area contributed by atoms with Crippen LogP contribution in [0, 0.1) is 0 Å². The molecule has 4 amide bonds. The summed E-state index contributed by atoms with van der Waals surface area (Å²) in [7, 11) is 0. The normalized spacial score (nSPS) is 14.0. The molecule has 1 heterocycles. The molecule has 0 saturated heterocycles. The molecule has 0 spiro atoms. The summed E-state index contributed by atoms with van der Waals surface area (Å²) in [5.41, 5.74) is 9.72. The lowest BCUT2D eigenvalue weighted by Gasteiger charge is -2.31. The molecule has 0 radical (unpaired) electrons. The summed E-state index contributed by atoms with van der Waals surface area (Å²) in [5.74, 6) is -1.68. The molecule has 2 aliphatic rings. The van der Waals surface area contributed by atoms with Crippen molar-refractivity contribution in [2.75, 3.05) is 16.3 Å². The predicted molar refractivity (Wildman–Crippen MR) is 202 cm³/mol. The number of alkyl halides is 3. The number of nitrogens with zero attached hydrogens (tertiary/aromatic N) is 4. The van der Waals surface area contributed by atoms with E-state index in [9.17, 15) is 27.6 Å². The number of amides is 4. The van der Waals surface area contributed by atoms with Gasteiger partial charge in [-0.1, -0.05) is 72.8 Å². The Hall–Kier alpha value is -6.02. The van der Waals surface area contributed by atoms with Gasteiger partial charge in [0.1, 0.15) is 0 Å². The van der Waals surface area contributed by atoms with E-state index in [0.29, 0.717) is 24.2 Å². The van der Waals surface area contributed by atoms with Crippen LogP contribution in [0.5, 0.6) is 0 Å². The lowest BCUT2D eigenvalue weighted by atomic mass is 9.93. The molecule has 55 heavy (non-hydrogen) atoms. The van der Waals surface area contributed by atoms with Gasteiger partial charge < -0.3 is 20.8 Å². The lowest BCUT2D eigenvalue weighted by Crippen LogP contribution is -2.47. The zero-order chi connectivity index (χ0) is 38.8. The van der Waals surface area contributed by atoms with Gasteiger partial charge in [0.2, 0.25) is 5.89 Å². The Kier molecular flexibility index (Phi) is 12.6. The molecule has 2 saturated carbocycles. The van der Waals surface area contributed by atoms with Gasteiger partial charge in [-0.25, -0.2) is 9.59 Å². The maximum atomic E-state index is 12.8. The molecule has 1 aromatic heterocycles. The van der Waals surface area contributed by atoms with E-state index in [1.54, 1.807) is 46.2 Å². The van der Waals surface area contributed by atoms with Gasteiger partial charge in [-0.3, -0.25) is 14.6 Å². The van der Waals surface area contributed by atoms with Crippen molar-refractivity contribution in [3.05, 3.63) is 132 Å². The van der Waals surface area contributed by atoms with E-state index in [4.69, 9.17) is 10.2 Å². The Labute approximate surface area is 316 Å². The zero-order valence-corrected chi connectivity index (χ0v) is 30.0. The number of hydrogen-bond acceptors (Lipinski definition) is 7. The highest BCUT2D eigenvalue weighted by atomic mass is 19.4. The fourth-order valence-electron chi connectivity index (χ4n) is 5.87. The van der Waals surface area contributed by atoms with E-state index in [1.165, 1.54) is 6.42 Å². The highest BCUT2D eigenvalue weighted by Gasteiger charge is 2.38. The monoisotopic (exact) mass is 753 g/mol. The van der Waals surface area contributed by atoms with Crippen molar-refractivity contribution in [2.24, 2.45) is 5.73 Å². The number of nitrogens with one attached hydrogen (secondary N) is 2. The zero-order valence-electron chi connectivity index (χ0n) is 30.0. The molecule has 286 valence electrons. The minimum Gasteiger partial charge on any atom is -0.413 e. The van der Waals surface area contributed by atoms with Crippen molar-refractivity contribution in [3.63, 3.8) is 0 Å². The third kappa shape index (κ3) is 10.4. The molecular weight excluding hydrogens is 711 g/mol. The Bertz CT molecular complexity index is 2020. The number of rotatable bonds is 11. The number of carbonyl (C=O) groups is 3. The molecule has 7 rings (SSSR count). The third-order valence-electron chi connectivity index (χ3n) is 9.50. The Morgan fingerprint density at radius 1 is 0.673 bits per heavy atom. The molecule has 0 bridgehead atoms. The van der Waals surface area contributed by atoms with Gasteiger partial charge in [0.05, 0.1) is 19.6 Å². The third-order valence-corrected chi connectivity index (χ3v) is 9.50. The summed E-state index contributed by atoms with van der Waals surface area (Å²) >= 11 is 0. The van der Waals surface area contributed by atoms with Gasteiger partial charge in [-0.15, -0.1) is 10.2 Å². The van der Waals surface area contributed by atoms with E-state index in [1.807, 2.05) is 72.8 Å². The van der Waals surface area contributed by atoms with E-state index in [2.05, 4.69) is 20.8 Å². The minimum atomic E-state index is -4.69. The fourth-order valence-corrected chi connectivity index (χ4v) is 5.87. The summed E-state index contributed by atoms with van der Waals surface area (Å²) < 4.78 is 42.6. The van der Waals surface area contributed by atoms with Crippen LogP contribution in [-0.2, 0) is 19.3 Å². The summed E-state index contributed by atoms with van der Waals surface area (Å²) in [6.45, 7) is 0.749. The lowest BCUT2D eigenvalue weighted by molar-refractivity contribution is -0.156. The van der Waals surface area contributed by atoms with Crippen molar-refractivity contribution in [2.45, 2.75) is 69.9 Å². The van der Waals surface area contributed by atoms with Crippen molar-refractivity contribution in [1.82, 2.24) is 20.8 Å². The second-order valence-electron chi connectivity index (χ2n) is 13.4. The smallest absolute Gasteiger partial charge is 0.413 e. The number of hydrogen-bond donors (Lipinski definition) is 3. The molecule has 4 N–H and O–H groups in total. The second kappa shape index (κ2) is 17.9. The topological polar surface area (TPSA) is 147 Å². The van der Waals surface area contributed by atoms with Crippen LogP contribution in [-0.4, -0.2) is 46.7 Å². The summed E-state index contributed by atoms with van der Waals surface area (Å²) in [6.07, 6.45) is 1.65. The van der Waals surface area contributed by atoms with Crippen LogP contribution in [0.2, 0.25) is 0 Å². The quantitative estimate of drug-likeness (QED) is 0.116. The molecule has 0 aliphatic heterocycles. The number of nitrogens with two attached hydrogens (primary N) is 1. The first kappa shape index (κ1) is 38.7. The van der Waals surface area contributed by atoms with Crippen molar-refractivity contribution >= 4 is 29.2 Å². The highest BCUT2D eigenvalue weighted by Crippen LogP contribution is 2.31. The fraction of sp³-hybridized carbons (Fsp3) is 0.293. The maximum Gasteiger partial charge on any atom is 0.470 e. The molecule has 2 aliphatic carbocycles. The molecule has 4 aromatic carbocycles. The molecule has 2 fully saturated rings. The Balaban J connectivity index is 0.000000190. The molecule has 5 aromatic rings. The van der Waals surface area contributed by atoms with Crippen LogP contribution < -0.4 is 26.2 Å². The number of urea groups is 2. The first-order chi connectivity index (χ1) is 26.6. The van der Waals surface area contributed by atoms with E-state index < -0.39 is 12.1 Å². The SMILES string of the molecule is NCC(=O)c1ccc(CN(C(=O)NC2CCC2)c2ccccc2)cc1.O=C(NC1CCC1)N(Cc1ccc(-c2nnc(C(F)(F)F)o2)cc1)c1ccccc1. The van der Waals surface area contributed by atoms with E-state index >= 15 is 0 Å². The largest absolute Gasteiger partial charge is 0.470 e. The van der Waals surface area contributed by atoms with Gasteiger partial charge in [0.15, 0.2) is 5.78 Å². The van der Waals surface area contributed by atoms with Crippen LogP contribution in [0.4, 0.5) is 34.1 Å². The molecule has 0 atom stereocenters. The van der Waals surface area contributed by atoms with Gasteiger partial charge in [-0.05, 0) is 86.1 Å². The van der Waals surface area contributed by atoms with E-state index in [-0.39, 0.29) is 42.4 Å².